The van der Waals surface area contributed by atoms with Gasteiger partial charge in [0, 0.05) is 0 Å². The van der Waals surface area contributed by atoms with Crippen LogP contribution in [0, 0.1) is 6.92 Å². The molecule has 7 nitrogen and oxygen atoms in total. The van der Waals surface area contributed by atoms with Crippen LogP contribution in [0.2, 0.25) is 0 Å². The van der Waals surface area contributed by atoms with Gasteiger partial charge in [0.05, 0.1) is 24.8 Å². The Hall–Kier alpha value is -3.26. The molecule has 0 bridgehead atoms. The quantitative estimate of drug-likeness (QED) is 0.747. The highest BCUT2D eigenvalue weighted by molar-refractivity contribution is 8.18. The first-order chi connectivity index (χ1) is 13.4. The minimum atomic E-state index is -1.18. The van der Waals surface area contributed by atoms with Crippen LogP contribution >= 0.6 is 11.8 Å². The van der Waals surface area contributed by atoms with Gasteiger partial charge in [-0.1, -0.05) is 18.2 Å². The molecule has 3 rings (SSSR count). The number of amides is 1. The SMILES string of the molecule is COc1ccc(/C=C2/SC(=Nc3cccc(C)c3)NC2=O)c(C(=O)O)c1OC. The van der Waals surface area contributed by atoms with Crippen molar-refractivity contribution in [3.63, 3.8) is 0 Å². The van der Waals surface area contributed by atoms with Gasteiger partial charge in [-0.25, -0.2) is 9.79 Å². The number of aromatic carboxylic acids is 1. The maximum Gasteiger partial charge on any atom is 0.340 e. The van der Waals surface area contributed by atoms with E-state index in [0.717, 1.165) is 23.0 Å². The van der Waals surface area contributed by atoms with Crippen LogP contribution in [-0.4, -0.2) is 36.4 Å². The predicted octanol–water partition coefficient (Wildman–Crippen LogP) is 3.60. The number of carbonyl (C=O) groups is 2. The third-order valence-corrected chi connectivity index (χ3v) is 4.87. The van der Waals surface area contributed by atoms with E-state index >= 15 is 0 Å². The van der Waals surface area contributed by atoms with Crippen molar-refractivity contribution in [2.75, 3.05) is 14.2 Å². The van der Waals surface area contributed by atoms with Crippen molar-refractivity contribution in [1.82, 2.24) is 5.32 Å². The fourth-order valence-electron chi connectivity index (χ4n) is 2.72. The van der Waals surface area contributed by atoms with Gasteiger partial charge >= 0.3 is 5.97 Å². The fraction of sp³-hybridized carbons (Fsp3) is 0.150. The Morgan fingerprint density at radius 3 is 2.64 bits per heavy atom. The molecule has 0 spiro atoms. The number of hydrogen-bond donors (Lipinski definition) is 2. The molecule has 2 aromatic carbocycles. The smallest absolute Gasteiger partial charge is 0.340 e. The average molecular weight is 398 g/mol. The van der Waals surface area contributed by atoms with E-state index in [1.165, 1.54) is 20.3 Å². The number of carbonyl (C=O) groups excluding carboxylic acids is 1. The monoisotopic (exact) mass is 398 g/mol. The van der Waals surface area contributed by atoms with Crippen molar-refractivity contribution >= 4 is 40.6 Å². The number of nitrogens with one attached hydrogen (secondary N) is 1. The molecule has 0 aromatic heterocycles. The lowest BCUT2D eigenvalue weighted by Crippen LogP contribution is -2.19. The lowest BCUT2D eigenvalue weighted by Gasteiger charge is -2.12. The highest BCUT2D eigenvalue weighted by Gasteiger charge is 2.26. The Balaban J connectivity index is 1.98. The first-order valence-corrected chi connectivity index (χ1v) is 9.09. The molecule has 1 aliphatic rings. The zero-order valence-corrected chi connectivity index (χ0v) is 16.3. The van der Waals surface area contributed by atoms with Crippen molar-refractivity contribution in [2.45, 2.75) is 6.92 Å². The van der Waals surface area contributed by atoms with Crippen LogP contribution in [0.1, 0.15) is 21.5 Å². The van der Waals surface area contributed by atoms with Crippen LogP contribution in [0.25, 0.3) is 6.08 Å². The number of carboxylic acids is 1. The first-order valence-electron chi connectivity index (χ1n) is 8.27. The third kappa shape index (κ3) is 4.01. The van der Waals surface area contributed by atoms with Gasteiger partial charge in [-0.15, -0.1) is 0 Å². The third-order valence-electron chi connectivity index (χ3n) is 3.96. The minimum Gasteiger partial charge on any atom is -0.493 e. The summed E-state index contributed by atoms with van der Waals surface area (Å²) in [6, 6.07) is 10.7. The van der Waals surface area contributed by atoms with Crippen molar-refractivity contribution in [2.24, 2.45) is 4.99 Å². The zero-order valence-electron chi connectivity index (χ0n) is 15.5. The molecular formula is C20H18N2O5S. The molecule has 8 heteroatoms. The molecule has 28 heavy (non-hydrogen) atoms. The summed E-state index contributed by atoms with van der Waals surface area (Å²) in [4.78, 5) is 28.8. The number of aryl methyl sites for hydroxylation is 1. The molecule has 144 valence electrons. The summed E-state index contributed by atoms with van der Waals surface area (Å²) in [5.41, 5.74) is 2.04. The highest BCUT2D eigenvalue weighted by Crippen LogP contribution is 2.36. The van der Waals surface area contributed by atoms with Gasteiger partial charge in [-0.2, -0.15) is 0 Å². The Labute approximate surface area is 166 Å². The number of carboxylic acid groups (broad SMARTS) is 1. The van der Waals surface area contributed by atoms with Crippen LogP contribution in [0.3, 0.4) is 0 Å². The zero-order chi connectivity index (χ0) is 20.3. The summed E-state index contributed by atoms with van der Waals surface area (Å²) in [5.74, 6) is -1.13. The van der Waals surface area contributed by atoms with Gasteiger partial charge < -0.3 is 19.9 Å². The van der Waals surface area contributed by atoms with Gasteiger partial charge in [0.2, 0.25) is 0 Å². The average Bonchev–Trinajstić information content (AvgIpc) is 2.99. The van der Waals surface area contributed by atoms with Crippen molar-refractivity contribution < 1.29 is 24.2 Å². The van der Waals surface area contributed by atoms with Crippen LogP contribution in [-0.2, 0) is 4.79 Å². The van der Waals surface area contributed by atoms with Crippen LogP contribution in [0.4, 0.5) is 5.69 Å². The second kappa shape index (κ2) is 8.18. The minimum absolute atomic E-state index is 0.0770. The normalized spacial score (nSPS) is 16.3. The maximum absolute atomic E-state index is 12.3. The summed E-state index contributed by atoms with van der Waals surface area (Å²) < 4.78 is 10.4. The number of hydrogen-bond acceptors (Lipinski definition) is 6. The molecular weight excluding hydrogens is 380 g/mol. The summed E-state index contributed by atoms with van der Waals surface area (Å²) in [5, 5.41) is 12.7. The number of benzene rings is 2. The number of aliphatic imine (C=N–C) groups is 1. The van der Waals surface area contributed by atoms with E-state index in [9.17, 15) is 14.7 Å². The van der Waals surface area contributed by atoms with E-state index in [1.54, 1.807) is 12.1 Å². The number of thioether (sulfide) groups is 1. The largest absolute Gasteiger partial charge is 0.493 e. The van der Waals surface area contributed by atoms with Crippen LogP contribution < -0.4 is 14.8 Å². The van der Waals surface area contributed by atoms with Gasteiger partial charge in [0.1, 0.15) is 5.56 Å². The van der Waals surface area contributed by atoms with E-state index in [-0.39, 0.29) is 17.2 Å². The van der Waals surface area contributed by atoms with Crippen molar-refractivity contribution in [1.29, 1.82) is 0 Å². The number of nitrogens with zero attached hydrogens (tertiary/aromatic N) is 1. The fourth-order valence-corrected chi connectivity index (χ4v) is 3.55. The van der Waals surface area contributed by atoms with Crippen LogP contribution in [0.15, 0.2) is 46.3 Å². The standard InChI is InChI=1S/C20H18N2O5S/c1-11-5-4-6-13(9-11)21-20-22-18(23)15(28-20)10-12-7-8-14(26-2)17(27-3)16(12)19(24)25/h4-10H,1-3H3,(H,24,25)(H,21,22,23)/b15-10+. The maximum atomic E-state index is 12.3. The lowest BCUT2D eigenvalue weighted by molar-refractivity contribution is -0.115. The second-order valence-corrected chi connectivity index (χ2v) is 6.92. The Morgan fingerprint density at radius 2 is 2.00 bits per heavy atom. The molecule has 2 N–H and O–H groups in total. The van der Waals surface area contributed by atoms with Crippen molar-refractivity contribution in [3.8, 4) is 11.5 Å². The number of methoxy groups -OCH3 is 2. The molecule has 0 radical (unpaired) electrons. The van der Waals surface area contributed by atoms with Gasteiger partial charge in [-0.05, 0) is 54.1 Å². The molecule has 0 saturated carbocycles. The molecule has 1 fully saturated rings. The second-order valence-electron chi connectivity index (χ2n) is 5.89. The predicted molar refractivity (Wildman–Crippen MR) is 108 cm³/mol. The van der Waals surface area contributed by atoms with Crippen LogP contribution in [0.5, 0.6) is 11.5 Å². The molecule has 0 aliphatic carbocycles. The summed E-state index contributed by atoms with van der Waals surface area (Å²) >= 11 is 1.14. The topological polar surface area (TPSA) is 97.2 Å². The lowest BCUT2D eigenvalue weighted by atomic mass is 10.0. The van der Waals surface area contributed by atoms with E-state index < -0.39 is 5.97 Å². The van der Waals surface area contributed by atoms with Gasteiger partial charge in [0.15, 0.2) is 16.7 Å². The Kier molecular flexibility index (Phi) is 5.70. The molecule has 1 heterocycles. The van der Waals surface area contributed by atoms with Crippen molar-refractivity contribution in [3.05, 3.63) is 58.0 Å². The number of rotatable bonds is 5. The van der Waals surface area contributed by atoms with E-state index in [4.69, 9.17) is 9.47 Å². The molecule has 0 atom stereocenters. The molecule has 1 aliphatic heterocycles. The number of amidine groups is 1. The van der Waals surface area contributed by atoms with Gasteiger partial charge in [0.25, 0.3) is 5.91 Å². The number of ether oxygens (including phenoxy) is 2. The molecule has 2 aromatic rings. The molecule has 0 unspecified atom stereocenters. The molecule has 1 saturated heterocycles. The highest BCUT2D eigenvalue weighted by atomic mass is 32.2. The first kappa shape index (κ1) is 19.5. The summed E-state index contributed by atoms with van der Waals surface area (Å²) in [7, 11) is 2.79. The summed E-state index contributed by atoms with van der Waals surface area (Å²) in [6.45, 7) is 1.96. The Bertz CT molecular complexity index is 1010. The van der Waals surface area contributed by atoms with E-state index in [1.807, 2.05) is 31.2 Å². The van der Waals surface area contributed by atoms with Gasteiger partial charge in [-0.3, -0.25) is 4.79 Å². The molecule has 1 amide bonds. The van der Waals surface area contributed by atoms with E-state index in [0.29, 0.717) is 21.4 Å². The van der Waals surface area contributed by atoms with E-state index in [2.05, 4.69) is 10.3 Å². The Morgan fingerprint density at radius 1 is 1.21 bits per heavy atom. The summed E-state index contributed by atoms with van der Waals surface area (Å²) in [6.07, 6.45) is 1.50.